The van der Waals surface area contributed by atoms with Crippen molar-refractivity contribution in [1.29, 1.82) is 0 Å². The summed E-state index contributed by atoms with van der Waals surface area (Å²) in [6.45, 7) is 2.23. The fourth-order valence-corrected chi connectivity index (χ4v) is 3.66. The molecule has 2 nitrogen and oxygen atoms in total. The van der Waals surface area contributed by atoms with Crippen molar-refractivity contribution in [3.8, 4) is 11.1 Å². The van der Waals surface area contributed by atoms with E-state index in [1.54, 1.807) is 0 Å². The van der Waals surface area contributed by atoms with E-state index < -0.39 is 0 Å². The molecule has 4 aromatic rings. The first-order valence-corrected chi connectivity index (χ1v) is 9.08. The normalized spacial score (nSPS) is 12.0. The van der Waals surface area contributed by atoms with Gasteiger partial charge in [0.15, 0.2) is 0 Å². The van der Waals surface area contributed by atoms with E-state index in [9.17, 15) is 0 Å². The minimum absolute atomic E-state index is 0.102. The highest BCUT2D eigenvalue weighted by Gasteiger charge is 2.22. The molecule has 1 heterocycles. The third-order valence-electron chi connectivity index (χ3n) is 4.87. The highest BCUT2D eigenvalue weighted by atomic mass is 15.1. The minimum Gasteiger partial charge on any atom is -0.326 e. The Labute approximate surface area is 154 Å². The van der Waals surface area contributed by atoms with Crippen LogP contribution in [0.2, 0.25) is 0 Å². The van der Waals surface area contributed by atoms with Gasteiger partial charge in [-0.05, 0) is 34.2 Å². The van der Waals surface area contributed by atoms with Gasteiger partial charge in [0.05, 0.1) is 12.4 Å². The van der Waals surface area contributed by atoms with Crippen LogP contribution in [0.3, 0.4) is 0 Å². The van der Waals surface area contributed by atoms with Crippen molar-refractivity contribution >= 4 is 0 Å². The van der Waals surface area contributed by atoms with Gasteiger partial charge in [0, 0.05) is 12.4 Å². The van der Waals surface area contributed by atoms with Gasteiger partial charge in [0.2, 0.25) is 0 Å². The minimum atomic E-state index is 0.102. The van der Waals surface area contributed by atoms with Crippen LogP contribution in [-0.4, -0.2) is 9.55 Å². The van der Waals surface area contributed by atoms with E-state index in [4.69, 9.17) is 0 Å². The van der Waals surface area contributed by atoms with E-state index >= 15 is 0 Å². The van der Waals surface area contributed by atoms with Crippen LogP contribution in [0.15, 0.2) is 97.6 Å². The van der Waals surface area contributed by atoms with Gasteiger partial charge in [-0.1, -0.05) is 85.8 Å². The summed E-state index contributed by atoms with van der Waals surface area (Å²) < 4.78 is 2.20. The fraction of sp³-hybridized carbons (Fsp3) is 0.125. The molecule has 0 N–H and O–H groups in total. The smallest absolute Gasteiger partial charge is 0.0954 e. The van der Waals surface area contributed by atoms with Crippen molar-refractivity contribution in [2.45, 2.75) is 19.4 Å². The Hall–Kier alpha value is -3.13. The third kappa shape index (κ3) is 3.06. The van der Waals surface area contributed by atoms with Crippen molar-refractivity contribution in [3.63, 3.8) is 0 Å². The highest BCUT2D eigenvalue weighted by Crippen LogP contribution is 2.37. The Kier molecular flexibility index (Phi) is 4.65. The van der Waals surface area contributed by atoms with Crippen molar-refractivity contribution < 1.29 is 0 Å². The van der Waals surface area contributed by atoms with Gasteiger partial charge in [-0.3, -0.25) is 0 Å². The Bertz CT molecular complexity index is 958. The van der Waals surface area contributed by atoms with Crippen molar-refractivity contribution in [2.75, 3.05) is 0 Å². The lowest BCUT2D eigenvalue weighted by Gasteiger charge is -2.25. The van der Waals surface area contributed by atoms with Crippen LogP contribution < -0.4 is 0 Å². The molecule has 3 aromatic carbocycles. The quantitative estimate of drug-likeness (QED) is 0.453. The van der Waals surface area contributed by atoms with Crippen molar-refractivity contribution in [1.82, 2.24) is 9.55 Å². The molecule has 0 saturated carbocycles. The number of aromatic nitrogens is 2. The second-order valence-electron chi connectivity index (χ2n) is 6.42. The van der Waals surface area contributed by atoms with Gasteiger partial charge in [-0.25, -0.2) is 4.98 Å². The van der Waals surface area contributed by atoms with Gasteiger partial charge in [0.25, 0.3) is 0 Å². The summed E-state index contributed by atoms with van der Waals surface area (Å²) in [7, 11) is 0. The summed E-state index contributed by atoms with van der Waals surface area (Å²) in [4.78, 5) is 4.31. The van der Waals surface area contributed by atoms with E-state index in [2.05, 4.69) is 102 Å². The zero-order chi connectivity index (χ0) is 17.8. The van der Waals surface area contributed by atoms with Crippen LogP contribution in [0, 0.1) is 0 Å². The lowest BCUT2D eigenvalue weighted by Crippen LogP contribution is -2.14. The van der Waals surface area contributed by atoms with Gasteiger partial charge in [-0.2, -0.15) is 0 Å². The maximum absolute atomic E-state index is 4.31. The number of hydrogen-bond acceptors (Lipinski definition) is 1. The topological polar surface area (TPSA) is 17.8 Å². The molecule has 1 aromatic heterocycles. The molecule has 0 aliphatic rings. The largest absolute Gasteiger partial charge is 0.326 e. The molecule has 0 aliphatic carbocycles. The molecule has 0 amide bonds. The summed E-state index contributed by atoms with van der Waals surface area (Å²) in [6.07, 6.45) is 6.82. The zero-order valence-corrected chi connectivity index (χ0v) is 14.9. The maximum Gasteiger partial charge on any atom is 0.0954 e. The van der Waals surface area contributed by atoms with Gasteiger partial charge < -0.3 is 4.57 Å². The Balaban J connectivity index is 1.99. The van der Waals surface area contributed by atoms with E-state index in [1.807, 2.05) is 12.5 Å². The maximum atomic E-state index is 4.31. The van der Waals surface area contributed by atoms with E-state index in [0.717, 1.165) is 6.42 Å². The standard InChI is InChI=1S/C24H22N2/c1-2-19-14-9-15-22(20-10-5-3-6-11-20)23(19)24(26-17-16-25-18-26)21-12-7-4-8-13-21/h3-18,24H,2H2,1H3. The van der Waals surface area contributed by atoms with Crippen LogP contribution in [-0.2, 0) is 6.42 Å². The number of imidazole rings is 1. The molecule has 26 heavy (non-hydrogen) atoms. The van der Waals surface area contributed by atoms with Gasteiger partial charge in [-0.15, -0.1) is 0 Å². The number of aryl methyl sites for hydroxylation is 1. The molecular weight excluding hydrogens is 316 g/mol. The molecule has 0 bridgehead atoms. The molecule has 0 saturated heterocycles. The first-order chi connectivity index (χ1) is 12.9. The lowest BCUT2D eigenvalue weighted by atomic mass is 9.86. The van der Waals surface area contributed by atoms with Crippen LogP contribution in [0.5, 0.6) is 0 Å². The molecular formula is C24H22N2. The summed E-state index contributed by atoms with van der Waals surface area (Å²) in [5.41, 5.74) is 6.52. The SMILES string of the molecule is CCc1cccc(-c2ccccc2)c1C(c1ccccc1)n1ccnc1. The molecule has 128 valence electrons. The molecule has 2 heteroatoms. The predicted octanol–water partition coefficient (Wildman–Crippen LogP) is 5.75. The molecule has 0 fully saturated rings. The molecule has 1 atom stereocenters. The van der Waals surface area contributed by atoms with Crippen LogP contribution in [0.1, 0.15) is 29.7 Å². The average molecular weight is 338 g/mol. The summed E-state index contributed by atoms with van der Waals surface area (Å²) >= 11 is 0. The van der Waals surface area contributed by atoms with E-state index in [0.29, 0.717) is 0 Å². The second-order valence-corrected chi connectivity index (χ2v) is 6.42. The number of hydrogen-bond donors (Lipinski definition) is 0. The van der Waals surface area contributed by atoms with Crippen LogP contribution >= 0.6 is 0 Å². The molecule has 1 unspecified atom stereocenters. The first-order valence-electron chi connectivity index (χ1n) is 9.08. The van der Waals surface area contributed by atoms with Crippen LogP contribution in [0.25, 0.3) is 11.1 Å². The molecule has 0 spiro atoms. The summed E-state index contributed by atoms with van der Waals surface area (Å²) in [5, 5.41) is 0. The Morgan fingerprint density at radius 3 is 2.23 bits per heavy atom. The fourth-order valence-electron chi connectivity index (χ4n) is 3.66. The number of rotatable bonds is 5. The van der Waals surface area contributed by atoms with E-state index in [1.165, 1.54) is 27.8 Å². The predicted molar refractivity (Wildman–Crippen MR) is 107 cm³/mol. The Morgan fingerprint density at radius 2 is 1.58 bits per heavy atom. The van der Waals surface area contributed by atoms with Crippen LogP contribution in [0.4, 0.5) is 0 Å². The van der Waals surface area contributed by atoms with Crippen molar-refractivity contribution in [3.05, 3.63) is 114 Å². The summed E-state index contributed by atoms with van der Waals surface area (Å²) in [5.74, 6) is 0. The van der Waals surface area contributed by atoms with Crippen molar-refractivity contribution in [2.24, 2.45) is 0 Å². The number of nitrogens with zero attached hydrogens (tertiary/aromatic N) is 2. The monoisotopic (exact) mass is 338 g/mol. The third-order valence-corrected chi connectivity index (χ3v) is 4.87. The van der Waals surface area contributed by atoms with Gasteiger partial charge in [0.1, 0.15) is 0 Å². The lowest BCUT2D eigenvalue weighted by molar-refractivity contribution is 0.671. The molecule has 0 radical (unpaired) electrons. The second kappa shape index (κ2) is 7.40. The molecule has 0 aliphatic heterocycles. The Morgan fingerprint density at radius 1 is 0.846 bits per heavy atom. The molecule has 4 rings (SSSR count). The zero-order valence-electron chi connectivity index (χ0n) is 14.9. The highest BCUT2D eigenvalue weighted by molar-refractivity contribution is 5.70. The number of benzene rings is 3. The van der Waals surface area contributed by atoms with E-state index in [-0.39, 0.29) is 6.04 Å². The average Bonchev–Trinajstić information content (AvgIpc) is 3.24. The summed E-state index contributed by atoms with van der Waals surface area (Å²) in [6, 6.07) is 28.1. The first kappa shape index (κ1) is 16.3. The van der Waals surface area contributed by atoms with Gasteiger partial charge >= 0.3 is 0 Å².